The van der Waals surface area contributed by atoms with Crippen molar-refractivity contribution in [2.24, 2.45) is 29.1 Å². The summed E-state index contributed by atoms with van der Waals surface area (Å²) in [6.07, 6.45) is 13.4. The molecule has 0 heteroatoms. The Balaban J connectivity index is 2.12. The summed E-state index contributed by atoms with van der Waals surface area (Å²) in [5.41, 5.74) is 0.693. The van der Waals surface area contributed by atoms with Crippen LogP contribution in [0.15, 0.2) is 0 Å². The molecular weight excluding hydrogens is 216 g/mol. The van der Waals surface area contributed by atoms with E-state index in [2.05, 4.69) is 27.7 Å². The van der Waals surface area contributed by atoms with Crippen LogP contribution < -0.4 is 0 Å². The van der Waals surface area contributed by atoms with E-state index in [1.165, 1.54) is 57.8 Å². The monoisotopic (exact) mass is 250 g/mol. The predicted molar refractivity (Wildman–Crippen MR) is 80.6 cm³/mol. The van der Waals surface area contributed by atoms with Gasteiger partial charge < -0.3 is 0 Å². The fourth-order valence-electron chi connectivity index (χ4n) is 5.19. The maximum Gasteiger partial charge on any atom is -0.0267 e. The van der Waals surface area contributed by atoms with E-state index in [1.807, 2.05) is 0 Å². The smallest absolute Gasteiger partial charge is 0.0267 e. The Hall–Kier alpha value is 0. The molecule has 0 heterocycles. The fraction of sp³-hybridized carbons (Fsp3) is 1.00. The number of fused-ring (bicyclic) bond motifs is 1. The van der Waals surface area contributed by atoms with E-state index in [9.17, 15) is 0 Å². The van der Waals surface area contributed by atoms with Crippen molar-refractivity contribution in [3.63, 3.8) is 0 Å². The van der Waals surface area contributed by atoms with Crippen molar-refractivity contribution < 1.29 is 0 Å². The Morgan fingerprint density at radius 2 is 1.78 bits per heavy atom. The van der Waals surface area contributed by atoms with Crippen molar-refractivity contribution in [2.75, 3.05) is 0 Å². The highest BCUT2D eigenvalue weighted by molar-refractivity contribution is 4.97. The lowest BCUT2D eigenvalue weighted by Gasteiger charge is -2.54. The average molecular weight is 250 g/mol. The Labute approximate surface area is 115 Å². The number of hydrogen-bond donors (Lipinski definition) is 0. The molecule has 0 aromatic heterocycles. The first-order chi connectivity index (χ1) is 8.61. The molecule has 2 saturated carbocycles. The first-order valence-corrected chi connectivity index (χ1v) is 8.61. The molecular formula is C18H34. The zero-order valence-corrected chi connectivity index (χ0v) is 13.2. The molecule has 106 valence electrons. The van der Waals surface area contributed by atoms with Crippen LogP contribution in [0.4, 0.5) is 0 Å². The second-order valence-corrected chi connectivity index (χ2v) is 7.53. The zero-order chi connectivity index (χ0) is 13.2. The van der Waals surface area contributed by atoms with E-state index in [0.717, 1.165) is 23.7 Å². The van der Waals surface area contributed by atoms with Crippen LogP contribution in [0, 0.1) is 29.1 Å². The standard InChI is InChI=1S/C18H34/c1-5-15(6-2)13-17-14(3)10-11-16-9-7-8-12-18(16,17)4/h14-17H,5-13H2,1-4H3. The molecule has 0 nitrogen and oxygen atoms in total. The van der Waals surface area contributed by atoms with Crippen LogP contribution >= 0.6 is 0 Å². The fourth-order valence-corrected chi connectivity index (χ4v) is 5.19. The molecule has 0 aromatic carbocycles. The summed E-state index contributed by atoms with van der Waals surface area (Å²) in [4.78, 5) is 0. The van der Waals surface area contributed by atoms with E-state index in [1.54, 1.807) is 0 Å². The molecule has 0 spiro atoms. The van der Waals surface area contributed by atoms with E-state index in [4.69, 9.17) is 0 Å². The van der Waals surface area contributed by atoms with Crippen molar-refractivity contribution in [2.45, 2.75) is 85.5 Å². The minimum Gasteiger partial charge on any atom is -0.0651 e. The van der Waals surface area contributed by atoms with Crippen molar-refractivity contribution in [3.05, 3.63) is 0 Å². The lowest BCUT2D eigenvalue weighted by atomic mass is 9.51. The molecule has 4 atom stereocenters. The largest absolute Gasteiger partial charge is 0.0651 e. The van der Waals surface area contributed by atoms with Crippen LogP contribution in [0.1, 0.15) is 85.5 Å². The molecule has 0 aromatic rings. The minimum absolute atomic E-state index is 0.693. The van der Waals surface area contributed by atoms with E-state index in [-0.39, 0.29) is 0 Å². The van der Waals surface area contributed by atoms with Gasteiger partial charge in [-0.2, -0.15) is 0 Å². The van der Waals surface area contributed by atoms with Gasteiger partial charge in [0.1, 0.15) is 0 Å². The van der Waals surface area contributed by atoms with Gasteiger partial charge in [-0.05, 0) is 54.8 Å². The third-order valence-corrected chi connectivity index (χ3v) is 6.70. The summed E-state index contributed by atoms with van der Waals surface area (Å²) >= 11 is 0. The van der Waals surface area contributed by atoms with Gasteiger partial charge in [0.2, 0.25) is 0 Å². The first kappa shape index (κ1) is 14.4. The molecule has 2 aliphatic carbocycles. The maximum atomic E-state index is 2.65. The third kappa shape index (κ3) is 2.63. The minimum atomic E-state index is 0.693. The van der Waals surface area contributed by atoms with Crippen LogP contribution in [0.5, 0.6) is 0 Å². The highest BCUT2D eigenvalue weighted by Crippen LogP contribution is 2.57. The van der Waals surface area contributed by atoms with E-state index < -0.39 is 0 Å². The van der Waals surface area contributed by atoms with Crippen LogP contribution in [-0.2, 0) is 0 Å². The van der Waals surface area contributed by atoms with Gasteiger partial charge >= 0.3 is 0 Å². The Morgan fingerprint density at radius 1 is 1.06 bits per heavy atom. The topological polar surface area (TPSA) is 0 Å². The molecule has 0 N–H and O–H groups in total. The molecule has 2 aliphatic rings. The molecule has 2 rings (SSSR count). The molecule has 0 aliphatic heterocycles. The molecule has 0 bridgehead atoms. The van der Waals surface area contributed by atoms with Crippen LogP contribution in [0.3, 0.4) is 0 Å². The third-order valence-electron chi connectivity index (χ3n) is 6.70. The van der Waals surface area contributed by atoms with E-state index >= 15 is 0 Å². The second-order valence-electron chi connectivity index (χ2n) is 7.53. The SMILES string of the molecule is CCC(CC)CC1C(C)CCC2CCCCC21C. The van der Waals surface area contributed by atoms with Crippen molar-refractivity contribution in [1.29, 1.82) is 0 Å². The highest BCUT2D eigenvalue weighted by Gasteiger charge is 2.47. The average Bonchev–Trinajstić information content (AvgIpc) is 2.38. The van der Waals surface area contributed by atoms with Crippen molar-refractivity contribution in [3.8, 4) is 0 Å². The van der Waals surface area contributed by atoms with Gasteiger partial charge in [-0.25, -0.2) is 0 Å². The van der Waals surface area contributed by atoms with Gasteiger partial charge in [0, 0.05) is 0 Å². The van der Waals surface area contributed by atoms with Gasteiger partial charge in [0.15, 0.2) is 0 Å². The Morgan fingerprint density at radius 3 is 2.44 bits per heavy atom. The molecule has 0 saturated heterocycles. The maximum absolute atomic E-state index is 2.65. The number of hydrogen-bond acceptors (Lipinski definition) is 0. The Bertz CT molecular complexity index is 253. The summed E-state index contributed by atoms with van der Waals surface area (Å²) in [6.45, 7) is 9.98. The highest BCUT2D eigenvalue weighted by atomic mass is 14.5. The second kappa shape index (κ2) is 5.97. The van der Waals surface area contributed by atoms with Gasteiger partial charge in [0.05, 0.1) is 0 Å². The van der Waals surface area contributed by atoms with Crippen LogP contribution in [-0.4, -0.2) is 0 Å². The Kier molecular flexibility index (Phi) is 4.78. The van der Waals surface area contributed by atoms with Gasteiger partial charge in [-0.15, -0.1) is 0 Å². The summed E-state index contributed by atoms with van der Waals surface area (Å²) in [6, 6.07) is 0. The lowest BCUT2D eigenvalue weighted by molar-refractivity contribution is -0.0415. The van der Waals surface area contributed by atoms with Crippen molar-refractivity contribution >= 4 is 0 Å². The summed E-state index contributed by atoms with van der Waals surface area (Å²) in [5, 5.41) is 0. The predicted octanol–water partition coefficient (Wildman–Crippen LogP) is 6.06. The molecule has 0 amide bonds. The van der Waals surface area contributed by atoms with Crippen LogP contribution in [0.2, 0.25) is 0 Å². The summed E-state index contributed by atoms with van der Waals surface area (Å²) in [5.74, 6) is 4.03. The van der Waals surface area contributed by atoms with Gasteiger partial charge in [-0.3, -0.25) is 0 Å². The van der Waals surface area contributed by atoms with Crippen molar-refractivity contribution in [1.82, 2.24) is 0 Å². The molecule has 4 unspecified atom stereocenters. The lowest BCUT2D eigenvalue weighted by Crippen LogP contribution is -2.45. The molecule has 2 fully saturated rings. The number of rotatable bonds is 4. The van der Waals surface area contributed by atoms with Gasteiger partial charge in [-0.1, -0.05) is 59.8 Å². The first-order valence-electron chi connectivity index (χ1n) is 8.61. The van der Waals surface area contributed by atoms with Gasteiger partial charge in [0.25, 0.3) is 0 Å². The quantitative estimate of drug-likeness (QED) is 0.569. The molecule has 0 radical (unpaired) electrons. The summed E-state index contributed by atoms with van der Waals surface area (Å²) < 4.78 is 0. The molecule has 18 heavy (non-hydrogen) atoms. The van der Waals surface area contributed by atoms with E-state index in [0.29, 0.717) is 5.41 Å². The zero-order valence-electron chi connectivity index (χ0n) is 13.2. The summed E-state index contributed by atoms with van der Waals surface area (Å²) in [7, 11) is 0. The van der Waals surface area contributed by atoms with Crippen LogP contribution in [0.25, 0.3) is 0 Å². The normalized spacial score (nSPS) is 40.8.